The summed E-state index contributed by atoms with van der Waals surface area (Å²) in [4.78, 5) is 0. The second-order valence-electron chi connectivity index (χ2n) is 3.86. The van der Waals surface area contributed by atoms with Gasteiger partial charge in [0.25, 0.3) is 0 Å². The van der Waals surface area contributed by atoms with E-state index in [1.807, 2.05) is 0 Å². The lowest BCUT2D eigenvalue weighted by atomic mass is 10.1. The second kappa shape index (κ2) is 8.03. The fourth-order valence-electron chi connectivity index (χ4n) is 1.41. The SMILES string of the molecule is Cc1cc(C#CCCCl)ccc1OCCOC(F)(F)F. The molecule has 1 aromatic carbocycles. The normalized spacial score (nSPS) is 10.8. The number of alkyl halides is 4. The quantitative estimate of drug-likeness (QED) is 0.467. The summed E-state index contributed by atoms with van der Waals surface area (Å²) < 4.78 is 44.1. The molecule has 0 aliphatic heterocycles. The van der Waals surface area contributed by atoms with Crippen LogP contribution in [0.15, 0.2) is 18.2 Å². The summed E-state index contributed by atoms with van der Waals surface area (Å²) in [5, 5.41) is 0. The predicted molar refractivity (Wildman–Crippen MR) is 70.9 cm³/mol. The van der Waals surface area contributed by atoms with Gasteiger partial charge < -0.3 is 4.74 Å². The van der Waals surface area contributed by atoms with Crippen molar-refractivity contribution in [2.75, 3.05) is 19.1 Å². The first kappa shape index (κ1) is 16.7. The molecule has 0 heterocycles. The van der Waals surface area contributed by atoms with Crippen molar-refractivity contribution < 1.29 is 22.6 Å². The van der Waals surface area contributed by atoms with Gasteiger partial charge in [-0.1, -0.05) is 11.8 Å². The molecule has 0 saturated heterocycles. The summed E-state index contributed by atoms with van der Waals surface area (Å²) >= 11 is 5.51. The Balaban J connectivity index is 2.50. The molecule has 1 aromatic rings. The molecule has 0 N–H and O–H groups in total. The zero-order valence-electron chi connectivity index (χ0n) is 10.9. The Kier molecular flexibility index (Phi) is 6.69. The van der Waals surface area contributed by atoms with E-state index in [0.717, 1.165) is 11.1 Å². The van der Waals surface area contributed by atoms with Gasteiger partial charge in [0.2, 0.25) is 0 Å². The fourth-order valence-corrected chi connectivity index (χ4v) is 1.50. The Bertz CT molecular complexity index is 489. The average Bonchev–Trinajstić information content (AvgIpc) is 2.36. The van der Waals surface area contributed by atoms with Gasteiger partial charge in [-0.2, -0.15) is 0 Å². The van der Waals surface area contributed by atoms with Crippen LogP contribution < -0.4 is 4.74 Å². The second-order valence-corrected chi connectivity index (χ2v) is 4.24. The molecular weight excluding hydrogens is 293 g/mol. The summed E-state index contributed by atoms with van der Waals surface area (Å²) in [7, 11) is 0. The van der Waals surface area contributed by atoms with E-state index in [1.54, 1.807) is 25.1 Å². The van der Waals surface area contributed by atoms with Crippen LogP contribution in [0.1, 0.15) is 17.5 Å². The van der Waals surface area contributed by atoms with E-state index in [4.69, 9.17) is 16.3 Å². The van der Waals surface area contributed by atoms with Crippen molar-refractivity contribution in [3.63, 3.8) is 0 Å². The van der Waals surface area contributed by atoms with Crippen LogP contribution in [0.25, 0.3) is 0 Å². The maximum Gasteiger partial charge on any atom is 0.522 e. The highest BCUT2D eigenvalue weighted by Crippen LogP contribution is 2.19. The van der Waals surface area contributed by atoms with Crippen LogP contribution in [0.2, 0.25) is 0 Å². The lowest BCUT2D eigenvalue weighted by molar-refractivity contribution is -0.325. The van der Waals surface area contributed by atoms with Crippen LogP contribution in [-0.2, 0) is 4.74 Å². The molecule has 2 nitrogen and oxygen atoms in total. The van der Waals surface area contributed by atoms with Crippen molar-refractivity contribution >= 4 is 11.6 Å². The highest BCUT2D eigenvalue weighted by molar-refractivity contribution is 6.18. The predicted octanol–water partition coefficient (Wildman–Crippen LogP) is 3.89. The number of hydrogen-bond acceptors (Lipinski definition) is 2. The molecular formula is C14H14ClF3O2. The molecule has 110 valence electrons. The first-order valence-corrected chi connectivity index (χ1v) is 6.45. The number of aryl methyl sites for hydroxylation is 1. The van der Waals surface area contributed by atoms with Gasteiger partial charge in [-0.05, 0) is 30.7 Å². The molecule has 0 aliphatic rings. The summed E-state index contributed by atoms with van der Waals surface area (Å²) in [5.41, 5.74) is 1.61. The van der Waals surface area contributed by atoms with Crippen molar-refractivity contribution in [1.82, 2.24) is 0 Å². The molecule has 0 saturated carbocycles. The molecule has 0 atom stereocenters. The molecule has 1 rings (SSSR count). The Hall–Kier alpha value is -1.38. The van der Waals surface area contributed by atoms with E-state index in [0.29, 0.717) is 18.1 Å². The molecule has 20 heavy (non-hydrogen) atoms. The molecule has 0 amide bonds. The lowest BCUT2D eigenvalue weighted by Gasteiger charge is -2.11. The molecule has 0 aromatic heterocycles. The third-order valence-electron chi connectivity index (χ3n) is 2.23. The van der Waals surface area contributed by atoms with Gasteiger partial charge in [-0.15, -0.1) is 24.8 Å². The van der Waals surface area contributed by atoms with E-state index < -0.39 is 13.0 Å². The maximum absolute atomic E-state index is 11.8. The molecule has 6 heteroatoms. The van der Waals surface area contributed by atoms with Crippen molar-refractivity contribution in [3.8, 4) is 17.6 Å². The highest BCUT2D eigenvalue weighted by atomic mass is 35.5. The Labute approximate surface area is 120 Å². The van der Waals surface area contributed by atoms with Crippen LogP contribution in [0.4, 0.5) is 13.2 Å². The molecule has 0 spiro atoms. The van der Waals surface area contributed by atoms with Gasteiger partial charge in [-0.3, -0.25) is 4.74 Å². The third-order valence-corrected chi connectivity index (χ3v) is 2.42. The van der Waals surface area contributed by atoms with Crippen molar-refractivity contribution in [1.29, 1.82) is 0 Å². The topological polar surface area (TPSA) is 18.5 Å². The minimum Gasteiger partial charge on any atom is -0.491 e. The maximum atomic E-state index is 11.8. The smallest absolute Gasteiger partial charge is 0.491 e. The van der Waals surface area contributed by atoms with Crippen LogP contribution >= 0.6 is 11.6 Å². The zero-order chi connectivity index (χ0) is 15.0. The minimum atomic E-state index is -4.62. The molecule has 0 radical (unpaired) electrons. The lowest BCUT2D eigenvalue weighted by Crippen LogP contribution is -2.18. The van der Waals surface area contributed by atoms with Gasteiger partial charge in [-0.25, -0.2) is 0 Å². The van der Waals surface area contributed by atoms with Gasteiger partial charge >= 0.3 is 6.36 Å². The molecule has 0 unspecified atom stereocenters. The van der Waals surface area contributed by atoms with Gasteiger partial charge in [0, 0.05) is 17.9 Å². The summed E-state index contributed by atoms with van der Waals surface area (Å²) in [6, 6.07) is 5.23. The van der Waals surface area contributed by atoms with Crippen LogP contribution in [-0.4, -0.2) is 25.5 Å². The van der Waals surface area contributed by atoms with E-state index in [9.17, 15) is 13.2 Å². The number of benzene rings is 1. The monoisotopic (exact) mass is 306 g/mol. The summed E-state index contributed by atoms with van der Waals surface area (Å²) in [6.45, 7) is 1.09. The Morgan fingerprint density at radius 3 is 2.60 bits per heavy atom. The van der Waals surface area contributed by atoms with Gasteiger partial charge in [0.15, 0.2) is 0 Å². The van der Waals surface area contributed by atoms with E-state index in [1.165, 1.54) is 0 Å². The summed E-state index contributed by atoms with van der Waals surface area (Å²) in [6.07, 6.45) is -4.02. The average molecular weight is 307 g/mol. The Morgan fingerprint density at radius 2 is 2.00 bits per heavy atom. The van der Waals surface area contributed by atoms with Crippen LogP contribution in [0, 0.1) is 18.8 Å². The molecule has 0 aliphatic carbocycles. The summed E-state index contributed by atoms with van der Waals surface area (Å²) in [5.74, 6) is 6.83. The van der Waals surface area contributed by atoms with Crippen molar-refractivity contribution in [2.45, 2.75) is 19.7 Å². The van der Waals surface area contributed by atoms with Crippen LogP contribution in [0.3, 0.4) is 0 Å². The molecule has 0 bridgehead atoms. The van der Waals surface area contributed by atoms with Gasteiger partial charge in [0.1, 0.15) is 12.4 Å². The van der Waals surface area contributed by atoms with E-state index in [-0.39, 0.29) is 6.61 Å². The van der Waals surface area contributed by atoms with Crippen molar-refractivity contribution in [2.24, 2.45) is 0 Å². The number of rotatable bonds is 5. The Morgan fingerprint density at radius 1 is 1.25 bits per heavy atom. The fraction of sp³-hybridized carbons (Fsp3) is 0.429. The van der Waals surface area contributed by atoms with E-state index >= 15 is 0 Å². The van der Waals surface area contributed by atoms with Gasteiger partial charge in [0.05, 0.1) is 6.61 Å². The van der Waals surface area contributed by atoms with E-state index in [2.05, 4.69) is 16.6 Å². The number of ether oxygens (including phenoxy) is 2. The zero-order valence-corrected chi connectivity index (χ0v) is 11.6. The standard InChI is InChI=1S/C14H14ClF3O2/c1-11-10-12(4-2-3-7-15)5-6-13(11)19-8-9-20-14(16,17)18/h5-6,10H,3,7-9H2,1H3. The third kappa shape index (κ3) is 6.69. The highest BCUT2D eigenvalue weighted by Gasteiger charge is 2.28. The molecule has 0 fully saturated rings. The van der Waals surface area contributed by atoms with Crippen molar-refractivity contribution in [3.05, 3.63) is 29.3 Å². The minimum absolute atomic E-state index is 0.169. The first-order chi connectivity index (χ1) is 9.42. The number of hydrogen-bond donors (Lipinski definition) is 0. The number of halogens is 4. The first-order valence-electron chi connectivity index (χ1n) is 5.91. The van der Waals surface area contributed by atoms with Crippen LogP contribution in [0.5, 0.6) is 5.75 Å². The largest absolute Gasteiger partial charge is 0.522 e.